The van der Waals surface area contributed by atoms with Crippen LogP contribution in [0.3, 0.4) is 0 Å². The number of hydrogen-bond donors (Lipinski definition) is 0. The number of halogens is 3. The van der Waals surface area contributed by atoms with Crippen molar-refractivity contribution in [3.63, 3.8) is 0 Å². The summed E-state index contributed by atoms with van der Waals surface area (Å²) in [7, 11) is 0. The van der Waals surface area contributed by atoms with Gasteiger partial charge in [-0.15, -0.1) is 0 Å². The van der Waals surface area contributed by atoms with Gasteiger partial charge < -0.3 is 0 Å². The molecule has 0 atom stereocenters. The molecule has 0 bridgehead atoms. The molecule has 4 heteroatoms. The smallest absolute Gasteiger partial charge is 0.120 e. The van der Waals surface area contributed by atoms with E-state index in [-0.39, 0.29) is 0 Å². The second kappa shape index (κ2) is 3.30. The molecule has 0 saturated heterocycles. The normalized spacial score (nSPS) is 9.67. The zero-order chi connectivity index (χ0) is 6.85. The zero-order valence-corrected chi connectivity index (χ0v) is 9.57. The molecule has 1 rings (SSSR count). The van der Waals surface area contributed by atoms with Gasteiger partial charge in [0.2, 0.25) is 0 Å². The van der Waals surface area contributed by atoms with E-state index in [1.54, 1.807) is 6.20 Å². The molecule has 0 N–H and O–H groups in total. The van der Waals surface area contributed by atoms with Gasteiger partial charge >= 0.3 is 0 Å². The highest BCUT2D eigenvalue weighted by Gasteiger charge is 1.95. The lowest BCUT2D eigenvalue weighted by molar-refractivity contribution is 1.24. The van der Waals surface area contributed by atoms with Crippen molar-refractivity contribution >= 4 is 54.5 Å². The van der Waals surface area contributed by atoms with Gasteiger partial charge in [-0.2, -0.15) is 0 Å². The van der Waals surface area contributed by atoms with E-state index < -0.39 is 0 Å². The van der Waals surface area contributed by atoms with Crippen LogP contribution >= 0.6 is 54.5 Å². The van der Waals surface area contributed by atoms with E-state index in [9.17, 15) is 0 Å². The third kappa shape index (κ3) is 2.16. The lowest BCUT2D eigenvalue weighted by Gasteiger charge is -1.92. The summed E-state index contributed by atoms with van der Waals surface area (Å²) in [6.07, 6.45) is 1.80. The van der Waals surface area contributed by atoms with Crippen LogP contribution in [0, 0.1) is 3.57 Å². The first-order valence-corrected chi connectivity index (χ1v) is 4.83. The SMILES string of the molecule is Brc1cc(I)cnc1Br. The summed E-state index contributed by atoms with van der Waals surface area (Å²) in [5, 5.41) is 0. The molecule has 0 aliphatic carbocycles. The number of pyridine rings is 1. The van der Waals surface area contributed by atoms with Crippen LogP contribution in [0.15, 0.2) is 21.3 Å². The Bertz CT molecular complexity index is 226. The monoisotopic (exact) mass is 361 g/mol. The Morgan fingerprint density at radius 2 is 2.11 bits per heavy atom. The molecule has 0 fully saturated rings. The minimum absolute atomic E-state index is 0.850. The van der Waals surface area contributed by atoms with Crippen molar-refractivity contribution < 1.29 is 0 Å². The van der Waals surface area contributed by atoms with Crippen LogP contribution in [-0.2, 0) is 0 Å². The van der Waals surface area contributed by atoms with Crippen LogP contribution in [0.25, 0.3) is 0 Å². The van der Waals surface area contributed by atoms with Gasteiger partial charge in [-0.25, -0.2) is 4.98 Å². The zero-order valence-electron chi connectivity index (χ0n) is 4.24. The van der Waals surface area contributed by atoms with E-state index >= 15 is 0 Å². The van der Waals surface area contributed by atoms with E-state index in [0.717, 1.165) is 12.6 Å². The van der Waals surface area contributed by atoms with Crippen molar-refractivity contribution in [2.75, 3.05) is 0 Å². The highest BCUT2D eigenvalue weighted by molar-refractivity contribution is 14.1. The number of nitrogens with zero attached hydrogens (tertiary/aromatic N) is 1. The summed E-state index contributed by atoms with van der Waals surface area (Å²) >= 11 is 8.81. The molecule has 9 heavy (non-hydrogen) atoms. The van der Waals surface area contributed by atoms with E-state index in [2.05, 4.69) is 59.4 Å². The second-order valence-electron chi connectivity index (χ2n) is 1.43. The predicted octanol–water partition coefficient (Wildman–Crippen LogP) is 3.21. The summed E-state index contributed by atoms with van der Waals surface area (Å²) in [6, 6.07) is 2.00. The molecule has 0 aliphatic heterocycles. The van der Waals surface area contributed by atoms with E-state index in [1.807, 2.05) is 6.07 Å². The molecule has 1 heterocycles. The van der Waals surface area contributed by atoms with E-state index in [0.29, 0.717) is 0 Å². The molecule has 0 aromatic carbocycles. The Hall–Kier alpha value is 0.840. The van der Waals surface area contributed by atoms with Crippen LogP contribution < -0.4 is 0 Å². The molecule has 48 valence electrons. The predicted molar refractivity (Wildman–Crippen MR) is 52.4 cm³/mol. The summed E-state index contributed by atoms with van der Waals surface area (Å²) in [5.41, 5.74) is 0. The molecule has 0 unspecified atom stereocenters. The lowest BCUT2D eigenvalue weighted by Crippen LogP contribution is -1.77. The Balaban J connectivity index is 3.17. The summed E-state index contributed by atoms with van der Waals surface area (Å²) < 4.78 is 2.97. The van der Waals surface area contributed by atoms with E-state index in [4.69, 9.17) is 0 Å². The fraction of sp³-hybridized carbons (Fsp3) is 0. The molecular weight excluding hydrogens is 361 g/mol. The Morgan fingerprint density at radius 1 is 1.44 bits per heavy atom. The van der Waals surface area contributed by atoms with Crippen molar-refractivity contribution in [1.82, 2.24) is 4.98 Å². The van der Waals surface area contributed by atoms with Gasteiger partial charge in [-0.3, -0.25) is 0 Å². The fourth-order valence-corrected chi connectivity index (χ4v) is 1.84. The molecule has 1 nitrogen and oxygen atoms in total. The van der Waals surface area contributed by atoms with Crippen molar-refractivity contribution in [3.05, 3.63) is 24.9 Å². The van der Waals surface area contributed by atoms with Crippen molar-refractivity contribution in [3.8, 4) is 0 Å². The molecule has 0 aliphatic rings. The van der Waals surface area contributed by atoms with Crippen molar-refractivity contribution in [2.45, 2.75) is 0 Å². The minimum atomic E-state index is 0.850. The Morgan fingerprint density at radius 3 is 2.56 bits per heavy atom. The average Bonchev–Trinajstić information content (AvgIpc) is 1.80. The summed E-state index contributed by atoms with van der Waals surface area (Å²) in [6.45, 7) is 0. The molecule has 0 radical (unpaired) electrons. The van der Waals surface area contributed by atoms with Gasteiger partial charge in [0.05, 0.1) is 4.47 Å². The highest BCUT2D eigenvalue weighted by atomic mass is 127. The number of hydrogen-bond acceptors (Lipinski definition) is 1. The quantitative estimate of drug-likeness (QED) is 0.510. The summed E-state index contributed by atoms with van der Waals surface area (Å²) in [4.78, 5) is 4.04. The third-order valence-electron chi connectivity index (χ3n) is 0.763. The summed E-state index contributed by atoms with van der Waals surface area (Å²) in [5.74, 6) is 0. The van der Waals surface area contributed by atoms with Crippen LogP contribution in [0.5, 0.6) is 0 Å². The van der Waals surface area contributed by atoms with Crippen LogP contribution in [0.4, 0.5) is 0 Å². The van der Waals surface area contributed by atoms with Crippen LogP contribution in [-0.4, -0.2) is 4.98 Å². The minimum Gasteiger partial charge on any atom is -0.247 e. The van der Waals surface area contributed by atoms with Gasteiger partial charge in [-0.05, 0) is 60.5 Å². The molecular formula is C5H2Br2IN. The molecule has 0 amide bonds. The van der Waals surface area contributed by atoms with Gasteiger partial charge in [-0.1, -0.05) is 0 Å². The standard InChI is InChI=1S/C5H2Br2IN/c6-4-1-3(8)2-9-5(4)7/h1-2H. The molecule has 0 spiro atoms. The van der Waals surface area contributed by atoms with Gasteiger partial charge in [0.25, 0.3) is 0 Å². The second-order valence-corrected chi connectivity index (χ2v) is 4.28. The maximum absolute atomic E-state index is 4.04. The largest absolute Gasteiger partial charge is 0.247 e. The van der Waals surface area contributed by atoms with Crippen LogP contribution in [0.2, 0.25) is 0 Å². The molecule has 1 aromatic heterocycles. The van der Waals surface area contributed by atoms with Crippen molar-refractivity contribution in [1.29, 1.82) is 0 Å². The van der Waals surface area contributed by atoms with Crippen LogP contribution in [0.1, 0.15) is 0 Å². The maximum atomic E-state index is 4.04. The first-order chi connectivity index (χ1) is 4.20. The van der Waals surface area contributed by atoms with Gasteiger partial charge in [0.15, 0.2) is 0 Å². The molecule has 0 saturated carbocycles. The fourth-order valence-electron chi connectivity index (χ4n) is 0.398. The molecule has 1 aromatic rings. The van der Waals surface area contributed by atoms with Gasteiger partial charge in [0.1, 0.15) is 4.60 Å². The Labute approximate surface area is 83.6 Å². The van der Waals surface area contributed by atoms with E-state index in [1.165, 1.54) is 0 Å². The average molecular weight is 363 g/mol. The lowest BCUT2D eigenvalue weighted by atomic mass is 10.5. The maximum Gasteiger partial charge on any atom is 0.120 e. The topological polar surface area (TPSA) is 12.9 Å². The van der Waals surface area contributed by atoms with Crippen molar-refractivity contribution in [2.24, 2.45) is 0 Å². The Kier molecular flexibility index (Phi) is 2.91. The van der Waals surface area contributed by atoms with Gasteiger partial charge in [0, 0.05) is 9.77 Å². The number of rotatable bonds is 0. The third-order valence-corrected chi connectivity index (χ3v) is 3.12. The first-order valence-electron chi connectivity index (χ1n) is 2.16. The first kappa shape index (κ1) is 7.94. The number of aromatic nitrogens is 1. The highest BCUT2D eigenvalue weighted by Crippen LogP contribution is 2.21.